The van der Waals surface area contributed by atoms with E-state index in [-0.39, 0.29) is 35.6 Å². The van der Waals surface area contributed by atoms with E-state index in [9.17, 15) is 14.9 Å². The van der Waals surface area contributed by atoms with Crippen molar-refractivity contribution in [1.29, 1.82) is 5.26 Å². The molecule has 7 nitrogen and oxygen atoms in total. The van der Waals surface area contributed by atoms with E-state index in [1.165, 1.54) is 12.1 Å². The Balaban J connectivity index is 2.09. The SMILES string of the molecule is CCCC(=O)N1CCCC1COc1cccc([N+](=O)[O-])c1C#N. The molecule has 1 saturated heterocycles. The molecule has 1 aromatic rings. The number of likely N-dealkylation sites (tertiary alicyclic amines) is 1. The van der Waals surface area contributed by atoms with Crippen molar-refractivity contribution in [2.45, 2.75) is 38.6 Å². The molecular weight excluding hydrogens is 298 g/mol. The highest BCUT2D eigenvalue weighted by atomic mass is 16.6. The second-order valence-electron chi connectivity index (χ2n) is 5.46. The Morgan fingerprint density at radius 1 is 1.57 bits per heavy atom. The minimum atomic E-state index is -0.599. The molecule has 0 spiro atoms. The molecule has 2 rings (SSSR count). The average molecular weight is 317 g/mol. The van der Waals surface area contributed by atoms with Crippen LogP contribution >= 0.6 is 0 Å². The van der Waals surface area contributed by atoms with Crippen LogP contribution in [0.4, 0.5) is 5.69 Å². The molecule has 1 atom stereocenters. The highest BCUT2D eigenvalue weighted by Gasteiger charge is 2.29. The van der Waals surface area contributed by atoms with Crippen LogP contribution < -0.4 is 4.74 Å². The second-order valence-corrected chi connectivity index (χ2v) is 5.46. The maximum atomic E-state index is 12.1. The third-order valence-corrected chi connectivity index (χ3v) is 3.91. The summed E-state index contributed by atoms with van der Waals surface area (Å²) in [5, 5.41) is 20.1. The molecule has 0 aliphatic carbocycles. The lowest BCUT2D eigenvalue weighted by molar-refractivity contribution is -0.385. The molecule has 1 amide bonds. The van der Waals surface area contributed by atoms with Crippen molar-refractivity contribution in [2.75, 3.05) is 13.2 Å². The maximum Gasteiger partial charge on any atom is 0.290 e. The van der Waals surface area contributed by atoms with Gasteiger partial charge >= 0.3 is 0 Å². The van der Waals surface area contributed by atoms with Crippen molar-refractivity contribution in [2.24, 2.45) is 0 Å². The van der Waals surface area contributed by atoms with E-state index < -0.39 is 4.92 Å². The van der Waals surface area contributed by atoms with Gasteiger partial charge in [0.25, 0.3) is 5.69 Å². The van der Waals surface area contributed by atoms with Gasteiger partial charge in [0.15, 0.2) is 5.56 Å². The Bertz CT molecular complexity index is 639. The van der Waals surface area contributed by atoms with E-state index in [1.807, 2.05) is 17.9 Å². The van der Waals surface area contributed by atoms with Crippen LogP contribution in [0, 0.1) is 21.4 Å². The topological polar surface area (TPSA) is 96.5 Å². The van der Waals surface area contributed by atoms with Crippen LogP contribution in [0.5, 0.6) is 5.75 Å². The molecule has 0 saturated carbocycles. The molecular formula is C16H19N3O4. The normalized spacial score (nSPS) is 16.9. The molecule has 0 bridgehead atoms. The van der Waals surface area contributed by atoms with Crippen LogP contribution in [-0.2, 0) is 4.79 Å². The van der Waals surface area contributed by atoms with E-state index in [4.69, 9.17) is 10.00 Å². The first-order valence-corrected chi connectivity index (χ1v) is 7.68. The number of carbonyl (C=O) groups excluding carboxylic acids is 1. The molecule has 1 heterocycles. The molecule has 0 N–H and O–H groups in total. The van der Waals surface area contributed by atoms with Crippen LogP contribution in [0.3, 0.4) is 0 Å². The first kappa shape index (κ1) is 16.7. The average Bonchev–Trinajstić information content (AvgIpc) is 3.01. The third-order valence-electron chi connectivity index (χ3n) is 3.91. The molecule has 1 fully saturated rings. The van der Waals surface area contributed by atoms with E-state index in [1.54, 1.807) is 6.07 Å². The van der Waals surface area contributed by atoms with Gasteiger partial charge in [-0.1, -0.05) is 13.0 Å². The Kier molecular flexibility index (Phi) is 5.52. The van der Waals surface area contributed by atoms with Gasteiger partial charge in [-0.3, -0.25) is 14.9 Å². The summed E-state index contributed by atoms with van der Waals surface area (Å²) in [6, 6.07) is 6.09. The number of carbonyl (C=O) groups is 1. The molecule has 1 aliphatic heterocycles. The highest BCUT2D eigenvalue weighted by Crippen LogP contribution is 2.28. The molecule has 1 aliphatic rings. The standard InChI is InChI=1S/C16H19N3O4/c1-2-5-16(20)18-9-4-6-12(18)11-23-15-8-3-7-14(19(21)22)13(15)10-17/h3,7-8,12H,2,4-6,9,11H2,1H3. The molecule has 1 aromatic carbocycles. The minimum absolute atomic E-state index is 0.0418. The number of nitrogens with zero attached hydrogens (tertiary/aromatic N) is 3. The van der Waals surface area contributed by atoms with Crippen molar-refractivity contribution in [1.82, 2.24) is 4.90 Å². The fourth-order valence-corrected chi connectivity index (χ4v) is 2.79. The maximum absolute atomic E-state index is 12.1. The predicted molar refractivity (Wildman–Crippen MR) is 82.9 cm³/mol. The van der Waals surface area contributed by atoms with E-state index in [0.717, 1.165) is 19.3 Å². The number of nitro benzene ring substituents is 1. The fraction of sp³-hybridized carbons (Fsp3) is 0.500. The Labute approximate surface area is 134 Å². The molecule has 0 aromatic heterocycles. The van der Waals surface area contributed by atoms with E-state index in [0.29, 0.717) is 13.0 Å². The lowest BCUT2D eigenvalue weighted by atomic mass is 10.1. The van der Waals surface area contributed by atoms with Crippen LogP contribution in [0.15, 0.2) is 18.2 Å². The van der Waals surface area contributed by atoms with Crippen LogP contribution in [0.1, 0.15) is 38.2 Å². The Morgan fingerprint density at radius 3 is 3.00 bits per heavy atom. The summed E-state index contributed by atoms with van der Waals surface area (Å²) in [4.78, 5) is 24.2. The molecule has 1 unspecified atom stereocenters. The first-order chi connectivity index (χ1) is 11.1. The summed E-state index contributed by atoms with van der Waals surface area (Å²) in [5.74, 6) is 0.301. The number of amides is 1. The van der Waals surface area contributed by atoms with Crippen molar-refractivity contribution in [3.8, 4) is 11.8 Å². The summed E-state index contributed by atoms with van der Waals surface area (Å²) in [6.07, 6.45) is 3.07. The minimum Gasteiger partial charge on any atom is -0.490 e. The molecule has 0 radical (unpaired) electrons. The first-order valence-electron chi connectivity index (χ1n) is 7.68. The number of benzene rings is 1. The third kappa shape index (κ3) is 3.77. The zero-order chi connectivity index (χ0) is 16.8. The van der Waals surface area contributed by atoms with Crippen molar-refractivity contribution in [3.05, 3.63) is 33.9 Å². The van der Waals surface area contributed by atoms with Gasteiger partial charge in [0, 0.05) is 19.0 Å². The van der Waals surface area contributed by atoms with Crippen molar-refractivity contribution in [3.63, 3.8) is 0 Å². The van der Waals surface area contributed by atoms with Gasteiger partial charge in [-0.2, -0.15) is 5.26 Å². The van der Waals surface area contributed by atoms with Gasteiger partial charge in [0.2, 0.25) is 5.91 Å². The number of ether oxygens (including phenoxy) is 1. The number of nitro groups is 1. The molecule has 7 heteroatoms. The smallest absolute Gasteiger partial charge is 0.290 e. The number of rotatable bonds is 6. The van der Waals surface area contributed by atoms with Gasteiger partial charge < -0.3 is 9.64 Å². The van der Waals surface area contributed by atoms with Gasteiger partial charge in [0.05, 0.1) is 11.0 Å². The van der Waals surface area contributed by atoms with Crippen LogP contribution in [0.2, 0.25) is 0 Å². The quantitative estimate of drug-likeness (QED) is 0.593. The summed E-state index contributed by atoms with van der Waals surface area (Å²) < 4.78 is 5.64. The molecule has 23 heavy (non-hydrogen) atoms. The molecule has 122 valence electrons. The van der Waals surface area contributed by atoms with Crippen molar-refractivity contribution < 1.29 is 14.5 Å². The van der Waals surface area contributed by atoms with Crippen LogP contribution in [0.25, 0.3) is 0 Å². The van der Waals surface area contributed by atoms with Crippen molar-refractivity contribution >= 4 is 11.6 Å². The number of hydrogen-bond donors (Lipinski definition) is 0. The zero-order valence-electron chi connectivity index (χ0n) is 13.0. The lowest BCUT2D eigenvalue weighted by Gasteiger charge is -2.24. The van der Waals surface area contributed by atoms with Gasteiger partial charge in [-0.05, 0) is 25.3 Å². The number of nitriles is 1. The zero-order valence-corrected chi connectivity index (χ0v) is 13.0. The van der Waals surface area contributed by atoms with Crippen LogP contribution in [-0.4, -0.2) is 34.9 Å². The summed E-state index contributed by atoms with van der Waals surface area (Å²) in [5.41, 5.74) is -0.350. The summed E-state index contributed by atoms with van der Waals surface area (Å²) >= 11 is 0. The van der Waals surface area contributed by atoms with E-state index >= 15 is 0 Å². The summed E-state index contributed by atoms with van der Waals surface area (Å²) in [6.45, 7) is 2.92. The summed E-state index contributed by atoms with van der Waals surface area (Å²) in [7, 11) is 0. The highest BCUT2D eigenvalue weighted by molar-refractivity contribution is 5.76. The van der Waals surface area contributed by atoms with Gasteiger partial charge in [-0.25, -0.2) is 0 Å². The number of hydrogen-bond acceptors (Lipinski definition) is 5. The predicted octanol–water partition coefficient (Wildman–Crippen LogP) is 2.64. The van der Waals surface area contributed by atoms with Gasteiger partial charge in [-0.15, -0.1) is 0 Å². The second kappa shape index (κ2) is 7.58. The Hall–Kier alpha value is -2.62. The fourth-order valence-electron chi connectivity index (χ4n) is 2.79. The lowest BCUT2D eigenvalue weighted by Crippen LogP contribution is -2.38. The van der Waals surface area contributed by atoms with Gasteiger partial charge in [0.1, 0.15) is 18.4 Å². The van der Waals surface area contributed by atoms with E-state index in [2.05, 4.69) is 0 Å². The largest absolute Gasteiger partial charge is 0.490 e. The monoisotopic (exact) mass is 317 g/mol. The Morgan fingerprint density at radius 2 is 2.35 bits per heavy atom.